The van der Waals surface area contributed by atoms with Gasteiger partial charge in [0.25, 0.3) is 11.1 Å². The third kappa shape index (κ3) is 3.10. The fraction of sp³-hybridized carbons (Fsp3) is 0.526. The molecule has 0 N–H and O–H groups in total. The van der Waals surface area contributed by atoms with E-state index in [-0.39, 0.29) is 11.1 Å². The van der Waals surface area contributed by atoms with E-state index >= 15 is 0 Å². The molecule has 4 heterocycles. The van der Waals surface area contributed by atoms with Gasteiger partial charge in [0, 0.05) is 51.2 Å². The van der Waals surface area contributed by atoms with E-state index in [2.05, 4.69) is 20.0 Å². The summed E-state index contributed by atoms with van der Waals surface area (Å²) in [5.41, 5.74) is 1.94. The maximum atomic E-state index is 12.6. The summed E-state index contributed by atoms with van der Waals surface area (Å²) < 4.78 is 4.93. The van der Waals surface area contributed by atoms with Crippen molar-refractivity contribution in [1.82, 2.24) is 28.9 Å². The Kier molecular flexibility index (Phi) is 4.52. The first kappa shape index (κ1) is 18.4. The van der Waals surface area contributed by atoms with Crippen LogP contribution in [-0.2, 0) is 20.6 Å². The van der Waals surface area contributed by atoms with Crippen molar-refractivity contribution in [2.75, 3.05) is 18.0 Å². The summed E-state index contributed by atoms with van der Waals surface area (Å²) in [4.78, 5) is 36.1. The third-order valence-electron chi connectivity index (χ3n) is 5.72. The van der Waals surface area contributed by atoms with Crippen LogP contribution in [0.3, 0.4) is 0 Å². The lowest BCUT2D eigenvalue weighted by atomic mass is 9.97. The van der Waals surface area contributed by atoms with Crippen molar-refractivity contribution in [3.63, 3.8) is 0 Å². The fourth-order valence-electron chi connectivity index (χ4n) is 3.83. The fourth-order valence-corrected chi connectivity index (χ4v) is 3.83. The molecule has 148 valence electrons. The van der Waals surface area contributed by atoms with E-state index in [0.717, 1.165) is 31.6 Å². The molecule has 0 unspecified atom stereocenters. The van der Waals surface area contributed by atoms with E-state index in [1.165, 1.54) is 0 Å². The van der Waals surface area contributed by atoms with Gasteiger partial charge in [-0.2, -0.15) is 10.1 Å². The van der Waals surface area contributed by atoms with Crippen LogP contribution in [0.5, 0.6) is 0 Å². The molecule has 0 atom stereocenters. The molecule has 0 spiro atoms. The highest BCUT2D eigenvalue weighted by Gasteiger charge is 2.24. The highest BCUT2D eigenvalue weighted by molar-refractivity contribution is 5.74. The smallest absolute Gasteiger partial charge is 0.265 e. The second kappa shape index (κ2) is 6.88. The van der Waals surface area contributed by atoms with Crippen molar-refractivity contribution < 1.29 is 0 Å². The normalized spacial score (nSPS) is 15.5. The van der Waals surface area contributed by atoms with Crippen molar-refractivity contribution in [2.24, 2.45) is 20.0 Å². The Morgan fingerprint density at radius 3 is 2.54 bits per heavy atom. The molecule has 9 heteroatoms. The molecule has 0 radical (unpaired) electrons. The minimum Gasteiger partial charge on any atom is -0.342 e. The van der Waals surface area contributed by atoms with Crippen LogP contribution in [0.2, 0.25) is 0 Å². The maximum absolute atomic E-state index is 12.6. The molecule has 3 aromatic heterocycles. The summed E-state index contributed by atoms with van der Waals surface area (Å²) >= 11 is 0. The highest BCUT2D eigenvalue weighted by atomic mass is 16.1. The first-order valence-corrected chi connectivity index (χ1v) is 9.53. The number of fused-ring (bicyclic) bond motifs is 1. The number of piperidine rings is 1. The zero-order chi connectivity index (χ0) is 20.0. The number of hydrogen-bond acceptors (Lipinski definition) is 6. The zero-order valence-corrected chi connectivity index (χ0v) is 16.7. The van der Waals surface area contributed by atoms with Crippen LogP contribution < -0.4 is 16.0 Å². The Morgan fingerprint density at radius 2 is 1.82 bits per heavy atom. The molecule has 1 saturated heterocycles. The standard InChI is InChI=1S/C19H25N7O2/c1-12-13(2)20-11-26(17(12)27)9-14-5-7-25(8-6-14)19-21-16-15(10-23(3)22-16)18(28)24(19)4/h10-11,14H,5-9H2,1-4H3. The van der Waals surface area contributed by atoms with Crippen molar-refractivity contribution in [3.8, 4) is 0 Å². The summed E-state index contributed by atoms with van der Waals surface area (Å²) in [7, 11) is 3.54. The van der Waals surface area contributed by atoms with Crippen molar-refractivity contribution in [3.05, 3.63) is 44.5 Å². The average molecular weight is 383 g/mol. The molecule has 0 amide bonds. The molecular weight excluding hydrogens is 358 g/mol. The van der Waals surface area contributed by atoms with E-state index in [9.17, 15) is 9.59 Å². The van der Waals surface area contributed by atoms with Gasteiger partial charge in [-0.1, -0.05) is 0 Å². The molecule has 3 aromatic rings. The van der Waals surface area contributed by atoms with E-state index in [0.29, 0.717) is 35.0 Å². The van der Waals surface area contributed by atoms with Gasteiger partial charge in [0.15, 0.2) is 5.65 Å². The number of aryl methyl sites for hydroxylation is 2. The van der Waals surface area contributed by atoms with Crippen LogP contribution in [0.4, 0.5) is 5.95 Å². The Bertz CT molecular complexity index is 1150. The minimum atomic E-state index is -0.0806. The number of nitrogens with zero attached hydrogens (tertiary/aromatic N) is 7. The largest absolute Gasteiger partial charge is 0.342 e. The topological polar surface area (TPSA) is 90.8 Å². The Hall–Kier alpha value is -2.97. The molecule has 1 aliphatic rings. The number of aromatic nitrogens is 6. The van der Waals surface area contributed by atoms with Crippen LogP contribution in [-0.4, -0.2) is 42.0 Å². The van der Waals surface area contributed by atoms with Crippen LogP contribution in [0.25, 0.3) is 11.0 Å². The first-order valence-electron chi connectivity index (χ1n) is 9.53. The van der Waals surface area contributed by atoms with Crippen molar-refractivity contribution >= 4 is 17.0 Å². The van der Waals surface area contributed by atoms with Gasteiger partial charge in [-0.25, -0.2) is 4.98 Å². The van der Waals surface area contributed by atoms with Crippen LogP contribution in [0.1, 0.15) is 24.1 Å². The third-order valence-corrected chi connectivity index (χ3v) is 5.72. The predicted molar refractivity (Wildman–Crippen MR) is 107 cm³/mol. The second-order valence-electron chi connectivity index (χ2n) is 7.66. The molecule has 0 aliphatic carbocycles. The number of hydrogen-bond donors (Lipinski definition) is 0. The van der Waals surface area contributed by atoms with Gasteiger partial charge in [0.2, 0.25) is 5.95 Å². The molecule has 28 heavy (non-hydrogen) atoms. The lowest BCUT2D eigenvalue weighted by Crippen LogP contribution is -2.39. The van der Waals surface area contributed by atoms with Crippen molar-refractivity contribution in [1.29, 1.82) is 0 Å². The Balaban J connectivity index is 1.51. The molecular formula is C19H25N7O2. The van der Waals surface area contributed by atoms with Gasteiger partial charge in [-0.15, -0.1) is 0 Å². The second-order valence-corrected chi connectivity index (χ2v) is 7.66. The van der Waals surface area contributed by atoms with Gasteiger partial charge >= 0.3 is 0 Å². The summed E-state index contributed by atoms with van der Waals surface area (Å²) in [6.45, 7) is 5.93. The van der Waals surface area contributed by atoms with Gasteiger partial charge in [-0.3, -0.25) is 23.4 Å². The number of rotatable bonds is 3. The van der Waals surface area contributed by atoms with Gasteiger partial charge in [0.1, 0.15) is 5.39 Å². The summed E-state index contributed by atoms with van der Waals surface area (Å²) in [6, 6.07) is 0. The quantitative estimate of drug-likeness (QED) is 0.663. The van der Waals surface area contributed by atoms with Crippen molar-refractivity contribution in [2.45, 2.75) is 33.2 Å². The van der Waals surface area contributed by atoms with Gasteiger partial charge < -0.3 is 4.90 Å². The first-order chi connectivity index (χ1) is 13.3. The SMILES string of the molecule is Cc1ncn(CC2CCN(c3nc4nn(C)cc4c(=O)n3C)CC2)c(=O)c1C. The molecule has 0 aromatic carbocycles. The molecule has 9 nitrogen and oxygen atoms in total. The van der Waals surface area contributed by atoms with Crippen LogP contribution >= 0.6 is 0 Å². The lowest BCUT2D eigenvalue weighted by Gasteiger charge is -2.33. The van der Waals surface area contributed by atoms with E-state index < -0.39 is 0 Å². The predicted octanol–water partition coefficient (Wildman–Crippen LogP) is 0.757. The average Bonchev–Trinajstić information content (AvgIpc) is 3.06. The summed E-state index contributed by atoms with van der Waals surface area (Å²) in [5.74, 6) is 1.05. The molecule has 1 fully saturated rings. The van der Waals surface area contributed by atoms with E-state index in [4.69, 9.17) is 0 Å². The van der Waals surface area contributed by atoms with E-state index in [1.54, 1.807) is 40.4 Å². The summed E-state index contributed by atoms with van der Waals surface area (Å²) in [6.07, 6.45) is 5.21. The van der Waals surface area contributed by atoms with E-state index in [1.807, 2.05) is 13.8 Å². The van der Waals surface area contributed by atoms with Crippen LogP contribution in [0.15, 0.2) is 22.1 Å². The minimum absolute atomic E-state index is 0.0413. The molecule has 4 rings (SSSR count). The number of anilines is 1. The Morgan fingerprint density at radius 1 is 1.11 bits per heavy atom. The lowest BCUT2D eigenvalue weighted by molar-refractivity contribution is 0.347. The van der Waals surface area contributed by atoms with Crippen LogP contribution in [0, 0.1) is 19.8 Å². The summed E-state index contributed by atoms with van der Waals surface area (Å²) in [5, 5.41) is 4.82. The Labute approximate surface area is 162 Å². The van der Waals surface area contributed by atoms with Gasteiger partial charge in [-0.05, 0) is 32.6 Å². The molecule has 1 aliphatic heterocycles. The highest BCUT2D eigenvalue weighted by Crippen LogP contribution is 2.23. The molecule has 0 saturated carbocycles. The maximum Gasteiger partial charge on any atom is 0.265 e. The zero-order valence-electron chi connectivity index (χ0n) is 16.7. The monoisotopic (exact) mass is 383 g/mol. The van der Waals surface area contributed by atoms with Gasteiger partial charge in [0.05, 0.1) is 6.33 Å². The molecule has 0 bridgehead atoms.